The van der Waals surface area contributed by atoms with E-state index in [-0.39, 0.29) is 12.1 Å². The molecule has 1 saturated carbocycles. The second-order valence-corrected chi connectivity index (χ2v) is 15.0. The lowest BCUT2D eigenvalue weighted by atomic mass is 9.77. The van der Waals surface area contributed by atoms with E-state index in [4.69, 9.17) is 19.9 Å². The molecule has 1 saturated heterocycles. The lowest BCUT2D eigenvalue weighted by molar-refractivity contribution is -0.117. The Morgan fingerprint density at radius 1 is 0.691 bits per heavy atom. The van der Waals surface area contributed by atoms with Crippen LogP contribution in [0.3, 0.4) is 0 Å². The van der Waals surface area contributed by atoms with E-state index in [0.29, 0.717) is 18.2 Å². The molecule has 0 spiro atoms. The maximum atomic E-state index is 13.1. The second-order valence-electron chi connectivity index (χ2n) is 15.0. The van der Waals surface area contributed by atoms with Gasteiger partial charge in [0.15, 0.2) is 12.1 Å². The average Bonchev–Trinajstić information content (AvgIpc) is 3.89. The summed E-state index contributed by atoms with van der Waals surface area (Å²) in [4.78, 5) is 18.1. The molecule has 1 atom stereocenters. The number of fused-ring (bicyclic) bond motifs is 1. The van der Waals surface area contributed by atoms with Crippen molar-refractivity contribution in [1.82, 2.24) is 24.5 Å². The molecule has 1 aliphatic heterocycles. The number of hydrogen-bond donors (Lipinski definition) is 1. The highest BCUT2D eigenvalue weighted by molar-refractivity contribution is 5.97. The van der Waals surface area contributed by atoms with E-state index in [1.807, 2.05) is 52.1 Å². The summed E-state index contributed by atoms with van der Waals surface area (Å²) in [5, 5.41) is 14.7. The zero-order valence-electron chi connectivity index (χ0n) is 31.1. The Balaban J connectivity index is 1.13. The SMILES string of the molecule is O=C(CC1CCCCC1)Nc1cccc(-c2nn(C3CCCCO3)c3ccc(-c4ncn(C(c5ccccc5)(c5ccccc5)c5ccccc5)n4)cc23)c1. The van der Waals surface area contributed by atoms with Crippen molar-refractivity contribution in [2.24, 2.45) is 5.92 Å². The summed E-state index contributed by atoms with van der Waals surface area (Å²) in [7, 11) is 0. The summed E-state index contributed by atoms with van der Waals surface area (Å²) in [5.41, 5.74) is 6.91. The topological polar surface area (TPSA) is 86.9 Å². The van der Waals surface area contributed by atoms with Gasteiger partial charge in [0.2, 0.25) is 5.91 Å². The molecule has 8 heteroatoms. The third-order valence-corrected chi connectivity index (χ3v) is 11.4. The van der Waals surface area contributed by atoms with Crippen LogP contribution >= 0.6 is 0 Å². The molecule has 7 aromatic rings. The van der Waals surface area contributed by atoms with Gasteiger partial charge in [-0.1, -0.05) is 122 Å². The number of benzene rings is 5. The molecule has 276 valence electrons. The average molecular weight is 727 g/mol. The Labute approximate surface area is 322 Å². The van der Waals surface area contributed by atoms with Crippen molar-refractivity contribution in [3.63, 3.8) is 0 Å². The zero-order chi connectivity index (χ0) is 37.0. The summed E-state index contributed by atoms with van der Waals surface area (Å²) in [5.74, 6) is 1.17. The van der Waals surface area contributed by atoms with Gasteiger partial charge in [-0.25, -0.2) is 14.3 Å². The number of amides is 1. The molecule has 1 aliphatic carbocycles. The third kappa shape index (κ3) is 6.87. The lowest BCUT2D eigenvalue weighted by Gasteiger charge is -2.35. The standard InChI is InChI=1S/C47H46N6O2/c54-43(30-34-16-5-1-6-17-34)49-40-25-15-18-35(31-40)45-41-32-36(27-28-42(41)53(50-45)44-26-13-14-29-55-44)46-48-33-52(51-46)47(37-19-7-2-8-20-37,38-21-9-3-10-22-38)39-23-11-4-12-24-39/h2-4,7-12,15,18-25,27-28,31-34,44H,1,5-6,13-14,16-17,26,29-30H2,(H,49,54). The van der Waals surface area contributed by atoms with Gasteiger partial charge in [0, 0.05) is 35.2 Å². The highest BCUT2D eigenvalue weighted by atomic mass is 16.5. The van der Waals surface area contributed by atoms with Crippen molar-refractivity contribution in [3.8, 4) is 22.6 Å². The first-order chi connectivity index (χ1) is 27.2. The molecular weight excluding hydrogens is 681 g/mol. The summed E-state index contributed by atoms with van der Waals surface area (Å²) in [6.45, 7) is 0.718. The molecule has 3 heterocycles. The minimum Gasteiger partial charge on any atom is -0.356 e. The van der Waals surface area contributed by atoms with E-state index in [2.05, 4.69) is 102 Å². The van der Waals surface area contributed by atoms with Crippen LogP contribution in [-0.2, 0) is 15.1 Å². The maximum absolute atomic E-state index is 13.1. The number of anilines is 1. The van der Waals surface area contributed by atoms with E-state index in [1.165, 1.54) is 19.3 Å². The zero-order valence-corrected chi connectivity index (χ0v) is 31.1. The fourth-order valence-electron chi connectivity index (χ4n) is 8.73. The maximum Gasteiger partial charge on any atom is 0.224 e. The molecule has 55 heavy (non-hydrogen) atoms. The summed E-state index contributed by atoms with van der Waals surface area (Å²) < 4.78 is 10.3. The molecule has 2 aliphatic rings. The first-order valence-electron chi connectivity index (χ1n) is 19.8. The van der Waals surface area contributed by atoms with Crippen molar-refractivity contribution in [3.05, 3.63) is 156 Å². The van der Waals surface area contributed by atoms with Crippen LogP contribution < -0.4 is 5.32 Å². The first kappa shape index (κ1) is 34.9. The smallest absolute Gasteiger partial charge is 0.224 e. The van der Waals surface area contributed by atoms with Crippen LogP contribution in [0.5, 0.6) is 0 Å². The van der Waals surface area contributed by atoms with Crippen LogP contribution in [0.1, 0.15) is 80.7 Å². The molecule has 2 fully saturated rings. The highest BCUT2D eigenvalue weighted by Gasteiger charge is 2.40. The fraction of sp³-hybridized carbons (Fsp3) is 0.277. The Kier molecular flexibility index (Phi) is 9.81. The largest absolute Gasteiger partial charge is 0.356 e. The van der Waals surface area contributed by atoms with Crippen LogP contribution in [0.4, 0.5) is 5.69 Å². The van der Waals surface area contributed by atoms with E-state index in [9.17, 15) is 4.79 Å². The number of nitrogens with one attached hydrogen (secondary N) is 1. The van der Waals surface area contributed by atoms with Crippen LogP contribution in [0.2, 0.25) is 0 Å². The van der Waals surface area contributed by atoms with Crippen LogP contribution in [-0.4, -0.2) is 37.1 Å². The number of carbonyl (C=O) groups is 1. The molecule has 0 bridgehead atoms. The monoisotopic (exact) mass is 726 g/mol. The Hall–Kier alpha value is -5.86. The van der Waals surface area contributed by atoms with Gasteiger partial charge in [-0.15, -0.1) is 5.10 Å². The van der Waals surface area contributed by atoms with Gasteiger partial charge in [0.05, 0.1) is 5.52 Å². The van der Waals surface area contributed by atoms with Crippen molar-refractivity contribution >= 4 is 22.5 Å². The summed E-state index contributed by atoms with van der Waals surface area (Å²) in [6, 6.07) is 46.0. The number of carbonyl (C=O) groups excluding carboxylic acids is 1. The quantitative estimate of drug-likeness (QED) is 0.142. The van der Waals surface area contributed by atoms with Crippen LogP contribution in [0.15, 0.2) is 140 Å². The molecule has 1 unspecified atom stereocenters. The molecule has 5 aromatic carbocycles. The summed E-state index contributed by atoms with van der Waals surface area (Å²) >= 11 is 0. The van der Waals surface area contributed by atoms with Gasteiger partial charge in [-0.3, -0.25) is 4.79 Å². The Morgan fingerprint density at radius 2 is 1.36 bits per heavy atom. The molecule has 0 radical (unpaired) electrons. The van der Waals surface area contributed by atoms with Gasteiger partial charge < -0.3 is 10.1 Å². The van der Waals surface area contributed by atoms with Crippen LogP contribution in [0, 0.1) is 5.92 Å². The van der Waals surface area contributed by atoms with E-state index in [1.54, 1.807) is 0 Å². The lowest BCUT2D eigenvalue weighted by Crippen LogP contribution is -2.38. The molecular formula is C47H46N6O2. The molecule has 2 aromatic heterocycles. The number of ether oxygens (including phenoxy) is 1. The van der Waals surface area contributed by atoms with Gasteiger partial charge in [-0.2, -0.15) is 5.10 Å². The van der Waals surface area contributed by atoms with E-state index in [0.717, 1.165) is 88.8 Å². The van der Waals surface area contributed by atoms with Crippen LogP contribution in [0.25, 0.3) is 33.5 Å². The number of hydrogen-bond acceptors (Lipinski definition) is 5. The molecule has 1 amide bonds. The van der Waals surface area contributed by atoms with Gasteiger partial charge >= 0.3 is 0 Å². The van der Waals surface area contributed by atoms with Crippen molar-refractivity contribution in [2.75, 3.05) is 11.9 Å². The van der Waals surface area contributed by atoms with Crippen molar-refractivity contribution in [2.45, 2.75) is 69.6 Å². The number of rotatable bonds is 10. The predicted octanol–water partition coefficient (Wildman–Crippen LogP) is 10.4. The molecule has 8 nitrogen and oxygen atoms in total. The predicted molar refractivity (Wildman–Crippen MR) is 217 cm³/mol. The summed E-state index contributed by atoms with van der Waals surface area (Å²) in [6.07, 6.45) is 11.3. The van der Waals surface area contributed by atoms with Gasteiger partial charge in [0.25, 0.3) is 0 Å². The van der Waals surface area contributed by atoms with E-state index < -0.39 is 5.54 Å². The Morgan fingerprint density at radius 3 is 2.02 bits per heavy atom. The molecule has 9 rings (SSSR count). The van der Waals surface area contributed by atoms with Gasteiger partial charge in [-0.05, 0) is 85.0 Å². The van der Waals surface area contributed by atoms with E-state index >= 15 is 0 Å². The third-order valence-electron chi connectivity index (χ3n) is 11.4. The number of aromatic nitrogens is 5. The number of nitrogens with zero attached hydrogens (tertiary/aromatic N) is 5. The highest BCUT2D eigenvalue weighted by Crippen LogP contribution is 2.41. The molecule has 1 N–H and O–H groups in total. The minimum atomic E-state index is -0.768. The normalized spacial score (nSPS) is 16.6. The van der Waals surface area contributed by atoms with Crippen molar-refractivity contribution < 1.29 is 9.53 Å². The van der Waals surface area contributed by atoms with Crippen molar-refractivity contribution in [1.29, 1.82) is 0 Å². The first-order valence-corrected chi connectivity index (χ1v) is 19.8. The Bertz CT molecular complexity index is 2280. The minimum absolute atomic E-state index is 0.0802. The van der Waals surface area contributed by atoms with Gasteiger partial charge in [0.1, 0.15) is 17.6 Å². The second kappa shape index (κ2) is 15.5. The fourth-order valence-corrected chi connectivity index (χ4v) is 8.73.